The Morgan fingerprint density at radius 2 is 1.72 bits per heavy atom. The minimum Gasteiger partial charge on any atom is -0.490 e. The Kier molecular flexibility index (Phi) is 12.3. The Labute approximate surface area is 273 Å². The molecule has 0 bridgehead atoms. The molecule has 0 heterocycles. The average Bonchev–Trinajstić information content (AvgIpc) is 3.06. The van der Waals surface area contributed by atoms with E-state index in [0.29, 0.717) is 6.42 Å². The molecular formula is C33H39N3O10S. The molecule has 0 radical (unpaired) electrons. The summed E-state index contributed by atoms with van der Waals surface area (Å²) in [7, 11) is -3.94. The molecule has 0 unspecified atom stereocenters. The number of nitro groups is 1. The number of aliphatic hydroxyl groups excluding tert-OH is 2. The summed E-state index contributed by atoms with van der Waals surface area (Å²) in [5.41, 5.74) is 2.48. The van der Waals surface area contributed by atoms with Gasteiger partial charge in [-0.1, -0.05) is 48.9 Å². The third-order valence-corrected chi connectivity index (χ3v) is 9.30. The van der Waals surface area contributed by atoms with Crippen LogP contribution < -0.4 is 9.46 Å². The molecule has 252 valence electrons. The van der Waals surface area contributed by atoms with Gasteiger partial charge in [-0.3, -0.25) is 14.9 Å². The van der Waals surface area contributed by atoms with Gasteiger partial charge in [0.25, 0.3) is 11.6 Å². The fourth-order valence-electron chi connectivity index (χ4n) is 5.40. The molecule has 1 aliphatic carbocycles. The molecule has 1 atom stereocenters. The van der Waals surface area contributed by atoms with Crippen LogP contribution in [0.1, 0.15) is 66.1 Å². The van der Waals surface area contributed by atoms with E-state index in [0.717, 1.165) is 53.7 Å². The molecule has 47 heavy (non-hydrogen) atoms. The molecule has 14 heteroatoms. The molecule has 3 aromatic rings. The Balaban J connectivity index is 1.47. The minimum absolute atomic E-state index is 0.000280. The maximum atomic E-state index is 13.0. The van der Waals surface area contributed by atoms with E-state index in [1.807, 2.05) is 24.3 Å². The van der Waals surface area contributed by atoms with Crippen molar-refractivity contribution >= 4 is 27.7 Å². The number of carbonyl (C=O) groups is 2. The van der Waals surface area contributed by atoms with Crippen molar-refractivity contribution in [2.45, 2.75) is 57.2 Å². The van der Waals surface area contributed by atoms with Crippen LogP contribution in [-0.2, 0) is 16.4 Å². The Morgan fingerprint density at radius 1 is 1.02 bits per heavy atom. The van der Waals surface area contributed by atoms with Crippen molar-refractivity contribution < 1.29 is 43.0 Å². The molecule has 1 saturated carbocycles. The lowest BCUT2D eigenvalue weighted by Gasteiger charge is -2.24. The lowest BCUT2D eigenvalue weighted by atomic mass is 9.97. The smallest absolute Gasteiger partial charge is 0.407 e. The second kappa shape index (κ2) is 16.3. The van der Waals surface area contributed by atoms with Crippen molar-refractivity contribution in [1.29, 1.82) is 0 Å². The number of ether oxygens (including phenoxy) is 1. The van der Waals surface area contributed by atoms with Crippen molar-refractivity contribution in [3.05, 3.63) is 93.5 Å². The van der Waals surface area contributed by atoms with Gasteiger partial charge < -0.3 is 25.0 Å². The third kappa shape index (κ3) is 10.2. The summed E-state index contributed by atoms with van der Waals surface area (Å²) >= 11 is 0. The summed E-state index contributed by atoms with van der Waals surface area (Å²) in [5, 5.41) is 40.3. The van der Waals surface area contributed by atoms with Gasteiger partial charge in [0.2, 0.25) is 10.0 Å². The predicted octanol–water partition coefficient (Wildman–Crippen LogP) is 4.67. The highest BCUT2D eigenvalue weighted by Gasteiger charge is 2.23. The number of benzene rings is 3. The van der Waals surface area contributed by atoms with E-state index in [9.17, 15) is 38.3 Å². The van der Waals surface area contributed by atoms with Crippen LogP contribution in [0.25, 0.3) is 11.1 Å². The van der Waals surface area contributed by atoms with Crippen LogP contribution >= 0.6 is 0 Å². The van der Waals surface area contributed by atoms with E-state index in [2.05, 4.69) is 4.72 Å². The minimum atomic E-state index is -3.94. The maximum Gasteiger partial charge on any atom is 0.407 e. The van der Waals surface area contributed by atoms with Gasteiger partial charge in [-0.05, 0) is 72.9 Å². The quantitative estimate of drug-likeness (QED) is 0.130. The van der Waals surface area contributed by atoms with Gasteiger partial charge in [-0.15, -0.1) is 0 Å². The number of sulfonamides is 1. The van der Waals surface area contributed by atoms with Crippen LogP contribution in [0.2, 0.25) is 0 Å². The van der Waals surface area contributed by atoms with E-state index in [1.165, 1.54) is 30.3 Å². The molecule has 1 aliphatic rings. The van der Waals surface area contributed by atoms with E-state index in [4.69, 9.17) is 9.84 Å². The second-order valence-electron chi connectivity index (χ2n) is 11.5. The van der Waals surface area contributed by atoms with Gasteiger partial charge in [0.15, 0.2) is 0 Å². The number of carboxylic acid groups (broad SMARTS) is 1. The highest BCUT2D eigenvalue weighted by atomic mass is 32.2. The van der Waals surface area contributed by atoms with E-state index in [-0.39, 0.29) is 60.5 Å². The summed E-state index contributed by atoms with van der Waals surface area (Å²) in [6.45, 7) is -0.506. The number of aliphatic hydroxyl groups is 2. The number of nitrogens with zero attached hydrogens (tertiary/aromatic N) is 2. The number of nitro benzene ring substituents is 1. The monoisotopic (exact) mass is 669 g/mol. The molecule has 1 fully saturated rings. The SMILES string of the molecule is O=C(NS(=O)(=O)CCCO)c1ccc(-c2ccc(CCN(C[C@@H](O)c3cccc([N+](=O)[O-])c3)C(=O)O)cc2)cc1OC1CCCCC1. The van der Waals surface area contributed by atoms with Gasteiger partial charge in [-0.2, -0.15) is 0 Å². The van der Waals surface area contributed by atoms with Crippen LogP contribution in [0.15, 0.2) is 66.7 Å². The molecular weight excluding hydrogens is 630 g/mol. The summed E-state index contributed by atoms with van der Waals surface area (Å²) < 4.78 is 33.0. The van der Waals surface area contributed by atoms with Gasteiger partial charge in [0, 0.05) is 25.3 Å². The second-order valence-corrected chi connectivity index (χ2v) is 13.3. The van der Waals surface area contributed by atoms with Gasteiger partial charge in [0.1, 0.15) is 5.75 Å². The largest absolute Gasteiger partial charge is 0.490 e. The zero-order valence-corrected chi connectivity index (χ0v) is 26.6. The number of nitrogens with one attached hydrogen (secondary N) is 1. The normalized spacial score (nSPS) is 14.3. The van der Waals surface area contributed by atoms with Gasteiger partial charge in [0.05, 0.1) is 35.0 Å². The van der Waals surface area contributed by atoms with Crippen molar-refractivity contribution in [3.63, 3.8) is 0 Å². The highest BCUT2D eigenvalue weighted by molar-refractivity contribution is 7.90. The molecule has 0 aromatic heterocycles. The molecule has 4 rings (SSSR count). The first-order valence-electron chi connectivity index (χ1n) is 15.4. The fourth-order valence-corrected chi connectivity index (χ4v) is 6.41. The Hall–Kier alpha value is -4.53. The van der Waals surface area contributed by atoms with Crippen LogP contribution in [-0.4, -0.2) is 77.1 Å². The van der Waals surface area contributed by atoms with Crippen LogP contribution in [0.4, 0.5) is 10.5 Å². The van der Waals surface area contributed by atoms with Gasteiger partial charge in [-0.25, -0.2) is 17.9 Å². The number of rotatable bonds is 15. The van der Waals surface area contributed by atoms with E-state index in [1.54, 1.807) is 12.1 Å². The van der Waals surface area contributed by atoms with Crippen molar-refractivity contribution in [2.24, 2.45) is 0 Å². The molecule has 3 aromatic carbocycles. The average molecular weight is 670 g/mol. The predicted molar refractivity (Wildman–Crippen MR) is 174 cm³/mol. The summed E-state index contributed by atoms with van der Waals surface area (Å²) in [6, 6.07) is 17.7. The van der Waals surface area contributed by atoms with E-state index < -0.39 is 33.1 Å². The first-order valence-corrected chi connectivity index (χ1v) is 17.1. The Morgan fingerprint density at radius 3 is 2.38 bits per heavy atom. The Bertz CT molecular complexity index is 1660. The number of carbonyl (C=O) groups excluding carboxylic acids is 1. The molecule has 0 spiro atoms. The topological polar surface area (TPSA) is 197 Å². The zero-order valence-electron chi connectivity index (χ0n) is 25.8. The van der Waals surface area contributed by atoms with Crippen molar-refractivity contribution in [2.75, 3.05) is 25.4 Å². The number of non-ortho nitro benzene ring substituents is 1. The molecule has 0 saturated heterocycles. The summed E-state index contributed by atoms with van der Waals surface area (Å²) in [6.07, 6.45) is 2.50. The summed E-state index contributed by atoms with van der Waals surface area (Å²) in [5.74, 6) is -0.928. The molecule has 13 nitrogen and oxygen atoms in total. The first-order chi connectivity index (χ1) is 22.5. The fraction of sp³-hybridized carbons (Fsp3) is 0.394. The van der Waals surface area contributed by atoms with E-state index >= 15 is 0 Å². The maximum absolute atomic E-state index is 13.0. The van der Waals surface area contributed by atoms with Crippen molar-refractivity contribution in [3.8, 4) is 16.9 Å². The molecule has 4 N–H and O–H groups in total. The van der Waals surface area contributed by atoms with Gasteiger partial charge >= 0.3 is 6.09 Å². The lowest BCUT2D eigenvalue weighted by Crippen LogP contribution is -2.35. The molecule has 2 amide bonds. The third-order valence-electron chi connectivity index (χ3n) is 7.98. The number of amides is 2. The highest BCUT2D eigenvalue weighted by Crippen LogP contribution is 2.31. The summed E-state index contributed by atoms with van der Waals surface area (Å²) in [4.78, 5) is 36.5. The van der Waals surface area contributed by atoms with Crippen LogP contribution in [0.3, 0.4) is 0 Å². The lowest BCUT2D eigenvalue weighted by molar-refractivity contribution is -0.385. The van der Waals surface area contributed by atoms with Crippen molar-refractivity contribution in [1.82, 2.24) is 9.62 Å². The van der Waals surface area contributed by atoms with Crippen LogP contribution in [0.5, 0.6) is 5.75 Å². The zero-order chi connectivity index (χ0) is 34.0. The first kappa shape index (κ1) is 35.3. The number of hydrogen-bond donors (Lipinski definition) is 4. The van der Waals surface area contributed by atoms with Crippen LogP contribution in [0, 0.1) is 10.1 Å². The molecule has 0 aliphatic heterocycles. The number of hydrogen-bond acceptors (Lipinski definition) is 9. The standard InChI is InChI=1S/C33H39N3O10S/c37-18-5-19-47(44,45)34-32(39)29-15-14-25(21-31(29)46-28-8-2-1-3-9-28)24-12-10-23(11-13-24)16-17-35(33(40)41)22-30(38)26-6-4-7-27(20-26)36(42)43/h4,6-7,10-15,20-21,28,30,37-38H,1-3,5,8-9,16-19,22H2,(H,34,39)(H,40,41)/t30-/m1/s1.